The number of hydrogen-bond donors (Lipinski definition) is 0. The van der Waals surface area contributed by atoms with Crippen LogP contribution in [0.1, 0.15) is 11.1 Å². The average Bonchev–Trinajstić information content (AvgIpc) is 3.62. The highest BCUT2D eigenvalue weighted by molar-refractivity contribution is 7.19. The second-order valence-electron chi connectivity index (χ2n) is 15.2. The SMILES string of the molecule is Cc1cc(C)cc(-c2cc(-c3cccc(-n4c5ccccc5c5ccccc54)c3)nc(-c3cccc([Si](c4ccccc4)(c4ccccc4)c4ccccc4)c3)n2)c1. The number of aryl methyl sites for hydroxylation is 2. The van der Waals surface area contributed by atoms with Gasteiger partial charge in [0.15, 0.2) is 13.9 Å². The zero-order valence-corrected chi connectivity index (χ0v) is 33.5. The Hall–Kier alpha value is -7.14. The standard InChI is InChI=1S/C54H41N3Si/c1-38-32-39(2)34-42(33-38)51-37-50(40-18-16-20-43(35-40)57-52-30-14-12-28-48(52)49-29-13-15-31-53(49)57)55-54(56-51)41-19-17-27-47(36-41)58(44-21-6-3-7-22-44,45-23-8-4-9-24-45)46-25-10-5-11-26-46/h3-37H,1-2H3. The average molecular weight is 760 g/mol. The van der Waals surface area contributed by atoms with Crippen LogP contribution in [0.2, 0.25) is 0 Å². The van der Waals surface area contributed by atoms with E-state index < -0.39 is 8.07 Å². The molecule has 0 spiro atoms. The Kier molecular flexibility index (Phi) is 8.97. The number of nitrogens with zero attached hydrogens (tertiary/aromatic N) is 3. The molecule has 0 bridgehead atoms. The Morgan fingerprint density at radius 1 is 0.362 bits per heavy atom. The second-order valence-corrected chi connectivity index (χ2v) is 19.0. The lowest BCUT2D eigenvalue weighted by Crippen LogP contribution is -2.74. The Bertz CT molecular complexity index is 2910. The zero-order chi connectivity index (χ0) is 39.1. The number of para-hydroxylation sites is 2. The van der Waals surface area contributed by atoms with Gasteiger partial charge in [-0.05, 0) is 77.1 Å². The Morgan fingerprint density at radius 2 is 0.828 bits per heavy atom. The molecule has 0 fully saturated rings. The van der Waals surface area contributed by atoms with E-state index in [-0.39, 0.29) is 0 Å². The third kappa shape index (κ3) is 6.15. The minimum atomic E-state index is -2.78. The smallest absolute Gasteiger partial charge is 0.179 e. The van der Waals surface area contributed by atoms with Crippen molar-refractivity contribution in [3.8, 4) is 39.6 Å². The van der Waals surface area contributed by atoms with E-state index in [1.807, 2.05) is 0 Å². The molecule has 0 atom stereocenters. The number of fused-ring (bicyclic) bond motifs is 3. The van der Waals surface area contributed by atoms with Gasteiger partial charge in [-0.15, -0.1) is 0 Å². The molecule has 0 radical (unpaired) electrons. The van der Waals surface area contributed by atoms with Gasteiger partial charge in [0.1, 0.15) is 0 Å². The molecule has 10 rings (SSSR count). The predicted molar refractivity (Wildman–Crippen MR) is 246 cm³/mol. The summed E-state index contributed by atoms with van der Waals surface area (Å²) in [6.45, 7) is 4.30. The first-order valence-electron chi connectivity index (χ1n) is 19.9. The molecular weight excluding hydrogens is 719 g/mol. The summed E-state index contributed by atoms with van der Waals surface area (Å²) < 4.78 is 2.37. The van der Waals surface area contributed by atoms with Gasteiger partial charge in [-0.2, -0.15) is 0 Å². The number of benzene rings is 8. The summed E-state index contributed by atoms with van der Waals surface area (Å²) in [4.78, 5) is 10.8. The van der Waals surface area contributed by atoms with Crippen LogP contribution in [0, 0.1) is 13.8 Å². The summed E-state index contributed by atoms with van der Waals surface area (Å²) in [5.74, 6) is 0.702. The molecular formula is C54H41N3Si. The van der Waals surface area contributed by atoms with Gasteiger partial charge in [-0.1, -0.05) is 181 Å². The second kappa shape index (κ2) is 14.7. The van der Waals surface area contributed by atoms with Gasteiger partial charge in [-0.25, -0.2) is 9.97 Å². The fourth-order valence-corrected chi connectivity index (χ4v) is 13.8. The van der Waals surface area contributed by atoms with Crippen molar-refractivity contribution >= 4 is 50.6 Å². The zero-order valence-electron chi connectivity index (χ0n) is 32.5. The van der Waals surface area contributed by atoms with Crippen LogP contribution in [-0.4, -0.2) is 22.6 Å². The Balaban J connectivity index is 1.19. The summed E-state index contributed by atoms with van der Waals surface area (Å²) >= 11 is 0. The molecule has 10 aromatic rings. The van der Waals surface area contributed by atoms with Crippen molar-refractivity contribution in [2.45, 2.75) is 13.8 Å². The maximum atomic E-state index is 5.43. The fourth-order valence-electron chi connectivity index (χ4n) is 8.96. The lowest BCUT2D eigenvalue weighted by atomic mass is 10.0. The van der Waals surface area contributed by atoms with Crippen LogP contribution in [0.25, 0.3) is 61.4 Å². The molecule has 0 aliphatic heterocycles. The molecule has 0 N–H and O–H groups in total. The van der Waals surface area contributed by atoms with E-state index in [0.29, 0.717) is 5.82 Å². The minimum absolute atomic E-state index is 0.702. The van der Waals surface area contributed by atoms with Gasteiger partial charge < -0.3 is 4.57 Å². The molecule has 4 heteroatoms. The van der Waals surface area contributed by atoms with Crippen LogP contribution in [0.4, 0.5) is 0 Å². The summed E-state index contributed by atoms with van der Waals surface area (Å²) in [5, 5.41) is 7.76. The highest BCUT2D eigenvalue weighted by Crippen LogP contribution is 2.34. The first-order chi connectivity index (χ1) is 28.6. The van der Waals surface area contributed by atoms with Crippen molar-refractivity contribution < 1.29 is 0 Å². The molecule has 2 heterocycles. The molecule has 0 aliphatic carbocycles. The molecule has 58 heavy (non-hydrogen) atoms. The maximum Gasteiger partial charge on any atom is 0.179 e. The van der Waals surface area contributed by atoms with E-state index in [1.54, 1.807) is 0 Å². The third-order valence-electron chi connectivity index (χ3n) is 11.4. The molecule has 0 aliphatic rings. The highest BCUT2D eigenvalue weighted by atomic mass is 28.3. The van der Waals surface area contributed by atoms with Crippen LogP contribution in [-0.2, 0) is 0 Å². The van der Waals surface area contributed by atoms with E-state index in [4.69, 9.17) is 9.97 Å². The van der Waals surface area contributed by atoms with E-state index in [0.717, 1.165) is 33.8 Å². The number of rotatable bonds is 8. The fraction of sp³-hybridized carbons (Fsp3) is 0.0370. The molecule has 3 nitrogen and oxygen atoms in total. The van der Waals surface area contributed by atoms with Gasteiger partial charge in [-0.3, -0.25) is 0 Å². The highest BCUT2D eigenvalue weighted by Gasteiger charge is 2.41. The van der Waals surface area contributed by atoms with Crippen molar-refractivity contribution in [1.29, 1.82) is 0 Å². The van der Waals surface area contributed by atoms with Crippen LogP contribution < -0.4 is 20.7 Å². The minimum Gasteiger partial charge on any atom is -0.309 e. The van der Waals surface area contributed by atoms with Crippen LogP contribution >= 0.6 is 0 Å². The number of aromatic nitrogens is 3. The molecule has 0 amide bonds. The summed E-state index contributed by atoms with van der Waals surface area (Å²) in [6, 6.07) is 77.1. The molecule has 0 saturated carbocycles. The number of hydrogen-bond acceptors (Lipinski definition) is 2. The molecule has 0 unspecified atom stereocenters. The Morgan fingerprint density at radius 3 is 1.40 bits per heavy atom. The molecule has 0 saturated heterocycles. The van der Waals surface area contributed by atoms with Gasteiger partial charge in [0.05, 0.1) is 22.4 Å². The van der Waals surface area contributed by atoms with Crippen molar-refractivity contribution in [2.75, 3.05) is 0 Å². The molecule has 276 valence electrons. The lowest BCUT2D eigenvalue weighted by Gasteiger charge is -2.34. The summed E-state index contributed by atoms with van der Waals surface area (Å²) in [5.41, 5.74) is 10.7. The maximum absolute atomic E-state index is 5.43. The van der Waals surface area contributed by atoms with E-state index in [9.17, 15) is 0 Å². The normalized spacial score (nSPS) is 11.6. The van der Waals surface area contributed by atoms with E-state index >= 15 is 0 Å². The van der Waals surface area contributed by atoms with Crippen LogP contribution in [0.3, 0.4) is 0 Å². The largest absolute Gasteiger partial charge is 0.309 e. The van der Waals surface area contributed by atoms with Gasteiger partial charge in [0, 0.05) is 33.2 Å². The van der Waals surface area contributed by atoms with Crippen molar-refractivity contribution in [2.24, 2.45) is 0 Å². The van der Waals surface area contributed by atoms with Gasteiger partial charge in [0.2, 0.25) is 0 Å². The summed E-state index contributed by atoms with van der Waals surface area (Å²) in [6.07, 6.45) is 0. The quantitative estimate of drug-likeness (QED) is 0.114. The first kappa shape index (κ1) is 35.3. The third-order valence-corrected chi connectivity index (χ3v) is 16.2. The molecule has 2 aromatic heterocycles. The Labute approximate surface area is 340 Å². The lowest BCUT2D eigenvalue weighted by molar-refractivity contribution is 1.16. The molecule has 8 aromatic carbocycles. The van der Waals surface area contributed by atoms with Crippen molar-refractivity contribution in [3.05, 3.63) is 223 Å². The van der Waals surface area contributed by atoms with Crippen molar-refractivity contribution in [1.82, 2.24) is 14.5 Å². The van der Waals surface area contributed by atoms with Gasteiger partial charge >= 0.3 is 0 Å². The van der Waals surface area contributed by atoms with E-state index in [2.05, 4.69) is 231 Å². The monoisotopic (exact) mass is 759 g/mol. The van der Waals surface area contributed by atoms with E-state index in [1.165, 1.54) is 53.7 Å². The van der Waals surface area contributed by atoms with Gasteiger partial charge in [0.25, 0.3) is 0 Å². The summed E-state index contributed by atoms with van der Waals surface area (Å²) in [7, 11) is -2.78. The van der Waals surface area contributed by atoms with Crippen molar-refractivity contribution in [3.63, 3.8) is 0 Å². The predicted octanol–water partition coefficient (Wildman–Crippen LogP) is 10.6. The van der Waals surface area contributed by atoms with Crippen LogP contribution in [0.15, 0.2) is 212 Å². The first-order valence-corrected chi connectivity index (χ1v) is 21.9. The topological polar surface area (TPSA) is 30.7 Å². The van der Waals surface area contributed by atoms with Crippen LogP contribution in [0.5, 0.6) is 0 Å².